The van der Waals surface area contributed by atoms with E-state index in [9.17, 15) is 10.1 Å². The number of non-ortho nitro benzene ring substituents is 1. The molecule has 0 saturated heterocycles. The molecule has 0 amide bonds. The van der Waals surface area contributed by atoms with Crippen LogP contribution in [0.15, 0.2) is 59.6 Å². The summed E-state index contributed by atoms with van der Waals surface area (Å²) in [5, 5.41) is 17.4. The van der Waals surface area contributed by atoms with Crippen molar-refractivity contribution in [1.82, 2.24) is 10.6 Å². The quantitative estimate of drug-likeness (QED) is 0.222. The summed E-state index contributed by atoms with van der Waals surface area (Å²) in [7, 11) is 1.71. The van der Waals surface area contributed by atoms with E-state index in [4.69, 9.17) is 0 Å². The van der Waals surface area contributed by atoms with Crippen LogP contribution in [0.2, 0.25) is 0 Å². The summed E-state index contributed by atoms with van der Waals surface area (Å²) in [6.45, 7) is 5.52. The van der Waals surface area contributed by atoms with Crippen molar-refractivity contribution in [1.29, 1.82) is 0 Å². The fourth-order valence-corrected chi connectivity index (χ4v) is 2.48. The fraction of sp³-hybridized carbons (Fsp3) is 0.316. The van der Waals surface area contributed by atoms with Gasteiger partial charge in [0.2, 0.25) is 0 Å². The molecule has 0 spiro atoms. The van der Waals surface area contributed by atoms with Gasteiger partial charge >= 0.3 is 0 Å². The summed E-state index contributed by atoms with van der Waals surface area (Å²) in [6, 6.07) is 16.9. The summed E-state index contributed by atoms with van der Waals surface area (Å²) < 4.78 is 0. The Morgan fingerprint density at radius 2 is 1.81 bits per heavy atom. The number of hydrogen-bond donors (Lipinski definition) is 2. The van der Waals surface area contributed by atoms with E-state index in [2.05, 4.69) is 41.6 Å². The van der Waals surface area contributed by atoms with Gasteiger partial charge in [0.05, 0.1) is 4.92 Å². The summed E-state index contributed by atoms with van der Waals surface area (Å²) in [6.07, 6.45) is 0. The first-order valence-electron chi connectivity index (χ1n) is 8.16. The first kappa shape index (κ1) is 21.9. The van der Waals surface area contributed by atoms with Gasteiger partial charge in [-0.1, -0.05) is 56.3 Å². The van der Waals surface area contributed by atoms with Gasteiger partial charge in [-0.3, -0.25) is 15.1 Å². The van der Waals surface area contributed by atoms with Crippen LogP contribution in [0.4, 0.5) is 5.69 Å². The van der Waals surface area contributed by atoms with Crippen LogP contribution < -0.4 is 10.6 Å². The van der Waals surface area contributed by atoms with E-state index in [1.54, 1.807) is 19.2 Å². The molecule has 7 heteroatoms. The third kappa shape index (κ3) is 6.29. The molecule has 0 radical (unpaired) electrons. The molecule has 0 aliphatic carbocycles. The fourth-order valence-electron chi connectivity index (χ4n) is 2.48. The molecule has 0 bridgehead atoms. The Balaban J connectivity index is 0.00000338. The molecular weight excluding hydrogens is 443 g/mol. The average molecular weight is 468 g/mol. The van der Waals surface area contributed by atoms with Crippen LogP contribution in [0.5, 0.6) is 0 Å². The minimum absolute atomic E-state index is 0. The van der Waals surface area contributed by atoms with Crippen molar-refractivity contribution < 1.29 is 4.92 Å². The van der Waals surface area contributed by atoms with Gasteiger partial charge in [-0.25, -0.2) is 0 Å². The molecule has 0 atom stereocenters. The zero-order valence-corrected chi connectivity index (χ0v) is 17.6. The molecule has 0 saturated carbocycles. The number of nitrogens with zero attached hydrogens (tertiary/aromatic N) is 2. The molecule has 2 aromatic carbocycles. The highest BCUT2D eigenvalue weighted by molar-refractivity contribution is 14.0. The maximum Gasteiger partial charge on any atom is 0.269 e. The SMILES string of the molecule is CN=C(NCc1cccc([N+](=O)[O-])c1)NCC(C)(C)c1ccccc1.I. The second kappa shape index (κ2) is 10.1. The highest BCUT2D eigenvalue weighted by Crippen LogP contribution is 2.21. The maximum atomic E-state index is 10.8. The Hall–Kier alpha value is -2.16. The molecule has 140 valence electrons. The molecule has 0 unspecified atom stereocenters. The van der Waals surface area contributed by atoms with Gasteiger partial charge < -0.3 is 10.6 Å². The Morgan fingerprint density at radius 3 is 2.42 bits per heavy atom. The standard InChI is InChI=1S/C19H24N4O2.HI/c1-19(2,16-9-5-4-6-10-16)14-22-18(20-3)21-13-15-8-7-11-17(12-15)23(24)25;/h4-12H,13-14H2,1-3H3,(H2,20,21,22);1H. The van der Waals surface area contributed by atoms with Crippen LogP contribution in [0.1, 0.15) is 25.0 Å². The minimum atomic E-state index is -0.390. The third-order valence-corrected chi connectivity index (χ3v) is 4.06. The van der Waals surface area contributed by atoms with Crippen molar-refractivity contribution in [2.24, 2.45) is 4.99 Å². The Bertz CT molecular complexity index is 748. The smallest absolute Gasteiger partial charge is 0.269 e. The van der Waals surface area contributed by atoms with E-state index >= 15 is 0 Å². The molecule has 6 nitrogen and oxygen atoms in total. The molecule has 0 aliphatic rings. The lowest BCUT2D eigenvalue weighted by atomic mass is 9.85. The highest BCUT2D eigenvalue weighted by atomic mass is 127. The van der Waals surface area contributed by atoms with Crippen molar-refractivity contribution in [3.05, 3.63) is 75.8 Å². The van der Waals surface area contributed by atoms with Gasteiger partial charge in [-0.2, -0.15) is 0 Å². The van der Waals surface area contributed by atoms with E-state index in [1.807, 2.05) is 24.3 Å². The zero-order valence-electron chi connectivity index (χ0n) is 15.2. The Morgan fingerprint density at radius 1 is 1.12 bits per heavy atom. The molecule has 26 heavy (non-hydrogen) atoms. The Kier molecular flexibility index (Phi) is 8.50. The first-order chi connectivity index (χ1) is 11.9. The minimum Gasteiger partial charge on any atom is -0.356 e. The van der Waals surface area contributed by atoms with Crippen LogP contribution in [0, 0.1) is 10.1 Å². The van der Waals surface area contributed by atoms with Crippen molar-refractivity contribution in [3.63, 3.8) is 0 Å². The number of rotatable bonds is 6. The number of hydrogen-bond acceptors (Lipinski definition) is 3. The third-order valence-electron chi connectivity index (χ3n) is 4.06. The lowest BCUT2D eigenvalue weighted by Crippen LogP contribution is -2.43. The number of benzene rings is 2. The topological polar surface area (TPSA) is 79.6 Å². The Labute approximate surface area is 171 Å². The van der Waals surface area contributed by atoms with Gasteiger partial charge in [0.1, 0.15) is 0 Å². The van der Waals surface area contributed by atoms with E-state index in [0.717, 1.165) is 5.56 Å². The number of guanidine groups is 1. The summed E-state index contributed by atoms with van der Waals surface area (Å²) in [5.41, 5.74) is 2.12. The second-order valence-electron chi connectivity index (χ2n) is 6.46. The summed E-state index contributed by atoms with van der Waals surface area (Å²) in [4.78, 5) is 14.7. The maximum absolute atomic E-state index is 10.8. The van der Waals surface area contributed by atoms with Crippen LogP contribution in [-0.2, 0) is 12.0 Å². The summed E-state index contributed by atoms with van der Waals surface area (Å²) in [5.74, 6) is 0.663. The van der Waals surface area contributed by atoms with Gasteiger partial charge in [-0.15, -0.1) is 24.0 Å². The summed E-state index contributed by atoms with van der Waals surface area (Å²) >= 11 is 0. The predicted molar refractivity (Wildman–Crippen MR) is 116 cm³/mol. The molecule has 2 aromatic rings. The van der Waals surface area contributed by atoms with E-state index in [1.165, 1.54) is 11.6 Å². The molecule has 2 N–H and O–H groups in total. The molecule has 0 aromatic heterocycles. The molecule has 0 aliphatic heterocycles. The number of nitrogens with one attached hydrogen (secondary N) is 2. The van der Waals surface area contributed by atoms with Crippen molar-refractivity contribution in [3.8, 4) is 0 Å². The predicted octanol–water partition coefficient (Wildman–Crippen LogP) is 3.86. The molecular formula is C19H25IN4O2. The zero-order chi connectivity index (χ0) is 18.3. The van der Waals surface area contributed by atoms with Crippen molar-refractivity contribution in [2.75, 3.05) is 13.6 Å². The first-order valence-corrected chi connectivity index (χ1v) is 8.16. The lowest BCUT2D eigenvalue weighted by Gasteiger charge is -2.26. The molecule has 0 heterocycles. The van der Waals surface area contributed by atoms with Crippen LogP contribution >= 0.6 is 24.0 Å². The average Bonchev–Trinajstić information content (AvgIpc) is 2.63. The van der Waals surface area contributed by atoms with E-state index in [0.29, 0.717) is 19.0 Å². The lowest BCUT2D eigenvalue weighted by molar-refractivity contribution is -0.384. The largest absolute Gasteiger partial charge is 0.356 e. The second-order valence-corrected chi connectivity index (χ2v) is 6.46. The van der Waals surface area contributed by atoms with Crippen molar-refractivity contribution in [2.45, 2.75) is 25.8 Å². The van der Waals surface area contributed by atoms with Crippen molar-refractivity contribution >= 4 is 35.6 Å². The highest BCUT2D eigenvalue weighted by Gasteiger charge is 2.20. The van der Waals surface area contributed by atoms with Crippen LogP contribution in [0.3, 0.4) is 0 Å². The molecule has 2 rings (SSSR count). The number of aliphatic imine (C=N–C) groups is 1. The van der Waals surface area contributed by atoms with Gasteiger partial charge in [0, 0.05) is 37.7 Å². The van der Waals surface area contributed by atoms with E-state index in [-0.39, 0.29) is 40.0 Å². The molecule has 0 fully saturated rings. The number of nitro benzene ring substituents is 1. The number of halogens is 1. The number of nitro groups is 1. The van der Waals surface area contributed by atoms with Gasteiger partial charge in [0.15, 0.2) is 5.96 Å². The monoisotopic (exact) mass is 468 g/mol. The van der Waals surface area contributed by atoms with E-state index < -0.39 is 0 Å². The van der Waals surface area contributed by atoms with Gasteiger partial charge in [0.25, 0.3) is 5.69 Å². The normalized spacial score (nSPS) is 11.4. The van der Waals surface area contributed by atoms with Crippen LogP contribution in [0.25, 0.3) is 0 Å². The van der Waals surface area contributed by atoms with Crippen LogP contribution in [-0.4, -0.2) is 24.5 Å². The van der Waals surface area contributed by atoms with Gasteiger partial charge in [-0.05, 0) is 11.1 Å².